The quantitative estimate of drug-likeness (QED) is 0.123. The lowest BCUT2D eigenvalue weighted by Crippen LogP contribution is -2.60. The molecule has 1 aromatic carbocycles. The molecule has 73 heavy (non-hydrogen) atoms. The summed E-state index contributed by atoms with van der Waals surface area (Å²) < 4.78 is 12.5. The number of rotatable bonds is 22. The van der Waals surface area contributed by atoms with Gasteiger partial charge in [-0.15, -0.1) is 0 Å². The number of hydrogen-bond acceptors (Lipinski definition) is 11. The van der Waals surface area contributed by atoms with E-state index in [-0.39, 0.29) is 81.0 Å². The van der Waals surface area contributed by atoms with Gasteiger partial charge in [-0.3, -0.25) is 33.6 Å². The number of benzene rings is 1. The highest BCUT2D eigenvalue weighted by molar-refractivity contribution is 5.98. The lowest BCUT2D eigenvalue weighted by atomic mass is 9.94. The van der Waals surface area contributed by atoms with Gasteiger partial charge in [0.05, 0.1) is 5.52 Å². The van der Waals surface area contributed by atoms with Crippen molar-refractivity contribution < 1.29 is 52.7 Å². The average Bonchev–Trinajstić information content (AvgIpc) is 3.71. The maximum atomic E-state index is 15.2. The zero-order valence-corrected chi connectivity index (χ0v) is 46.4. The number of carbonyl (C=O) groups is 8. The second-order valence-electron chi connectivity index (χ2n) is 21.3. The highest BCUT2D eigenvalue weighted by atomic mass is 16.6. The number of fused-ring (bicyclic) bond motifs is 1. The smallest absolute Gasteiger partial charge is 0.329 e. The number of nitrogens with zero attached hydrogens (tertiary/aromatic N) is 4. The van der Waals surface area contributed by atoms with Crippen LogP contribution in [0.1, 0.15) is 145 Å². The minimum absolute atomic E-state index is 0.0151. The number of unbranched alkanes of at least 4 members (excludes halogenated alkanes) is 2. The van der Waals surface area contributed by atoms with E-state index in [4.69, 9.17) is 14.3 Å². The predicted octanol–water partition coefficient (Wildman–Crippen LogP) is 5.64. The van der Waals surface area contributed by atoms with Gasteiger partial charge in [0.15, 0.2) is 11.9 Å². The molecule has 0 spiro atoms. The zero-order chi connectivity index (χ0) is 54.7. The summed E-state index contributed by atoms with van der Waals surface area (Å²) in [6.45, 7) is 16.9. The Hall–Kier alpha value is -5.52. The van der Waals surface area contributed by atoms with E-state index in [2.05, 4.69) is 29.8 Å². The summed E-state index contributed by atoms with van der Waals surface area (Å²) in [5, 5.41) is 9.61. The predicted molar refractivity (Wildman–Crippen MR) is 281 cm³/mol. The summed E-state index contributed by atoms with van der Waals surface area (Å²) in [7, 11) is 7.31. The monoisotopic (exact) mass is 1020 g/mol. The first-order valence-electron chi connectivity index (χ1n) is 26.5. The van der Waals surface area contributed by atoms with Crippen LogP contribution in [0.5, 0.6) is 0 Å². The molecule has 2 unspecified atom stereocenters. The summed E-state index contributed by atoms with van der Waals surface area (Å²) >= 11 is 0. The third-order valence-electron chi connectivity index (χ3n) is 14.0. The normalized spacial score (nSPS) is 23.5. The molecule has 1 aliphatic rings. The maximum Gasteiger partial charge on any atom is 0.329 e. The van der Waals surface area contributed by atoms with Crippen molar-refractivity contribution in [1.82, 2.24) is 35.4 Å². The minimum atomic E-state index is -1.57. The van der Waals surface area contributed by atoms with Crippen LogP contribution in [0.2, 0.25) is 0 Å². The van der Waals surface area contributed by atoms with Crippen molar-refractivity contribution in [3.05, 3.63) is 36.0 Å². The minimum Gasteiger partial charge on any atom is -0.451 e. The first-order valence-corrected chi connectivity index (χ1v) is 26.5. The summed E-state index contributed by atoms with van der Waals surface area (Å²) in [6, 6.07) is 0.351. The standard InChI is InChI=1S/C55H89N7O11/c1-15-17-21-36(7)29-43-52(67)59(10)38(9)55(70)73-48(26-25-40(63)33-71-13)51(66)58-44(30-37(8)22-18-16-2)54(69)60(11)46(28-35(5)6)49(64)56-42(27-34(3)4)53(68)61(12)47(50(65)57-43)31-39-32-62(72-14)45-24-20-19-23-41(39)45/h19-20,23-24,32,34-38,42-44,46-48H,15-18,21-22,25-31,33H2,1-14H3,(H,56,64)(H,57,65)(H,58,66)/t36-,37-,38?,42+,43+,44+,46+,47+,48?/m1/s1. The molecule has 18 nitrogen and oxygen atoms in total. The number of likely N-dealkylation sites (N-methyl/N-ethyl adjacent to an activating group) is 3. The van der Waals surface area contributed by atoms with Crippen LogP contribution in [0, 0.1) is 23.7 Å². The lowest BCUT2D eigenvalue weighted by molar-refractivity contribution is -0.164. The third kappa shape index (κ3) is 18.1. The molecule has 2 aromatic rings. The van der Waals surface area contributed by atoms with Gasteiger partial charge >= 0.3 is 5.97 Å². The Labute approximate surface area is 434 Å². The highest BCUT2D eigenvalue weighted by Crippen LogP contribution is 2.26. The number of aromatic nitrogens is 1. The van der Waals surface area contributed by atoms with Gasteiger partial charge in [0, 0.05) is 59.1 Å². The van der Waals surface area contributed by atoms with Crippen LogP contribution in [0.25, 0.3) is 10.9 Å². The van der Waals surface area contributed by atoms with Crippen molar-refractivity contribution in [2.75, 3.05) is 42.0 Å². The molecule has 18 heteroatoms. The van der Waals surface area contributed by atoms with E-state index in [0.29, 0.717) is 5.56 Å². The Morgan fingerprint density at radius 1 is 0.671 bits per heavy atom. The molecule has 1 aromatic heterocycles. The lowest BCUT2D eigenvalue weighted by Gasteiger charge is -2.35. The number of amides is 6. The van der Waals surface area contributed by atoms with E-state index in [0.717, 1.165) is 49.4 Å². The Morgan fingerprint density at radius 3 is 1.68 bits per heavy atom. The van der Waals surface area contributed by atoms with E-state index in [1.54, 1.807) is 10.9 Å². The molecule has 0 aliphatic carbocycles. The highest BCUT2D eigenvalue weighted by Gasteiger charge is 2.41. The molecule has 3 rings (SSSR count). The van der Waals surface area contributed by atoms with Gasteiger partial charge < -0.3 is 45.0 Å². The summed E-state index contributed by atoms with van der Waals surface area (Å²) in [4.78, 5) is 126. The Kier molecular flexibility index (Phi) is 25.4. The number of Topliss-reactive ketones (excluding diaryl/α,β-unsaturated/α-hetero) is 1. The van der Waals surface area contributed by atoms with Crippen LogP contribution < -0.4 is 20.8 Å². The van der Waals surface area contributed by atoms with E-state index >= 15 is 9.59 Å². The van der Waals surface area contributed by atoms with Crippen LogP contribution in [-0.2, 0) is 54.3 Å². The molecule has 0 radical (unpaired) electrons. The van der Waals surface area contributed by atoms with Crippen LogP contribution >= 0.6 is 0 Å². The van der Waals surface area contributed by atoms with Gasteiger partial charge in [-0.05, 0) is 67.9 Å². The van der Waals surface area contributed by atoms with Gasteiger partial charge in [-0.25, -0.2) is 4.79 Å². The SMILES string of the molecule is CCCC[C@@H](C)C[C@@H]1NC(=O)[C@H](Cc2cn(OC)c3ccccc23)N(C)C(=O)[C@H](CC(C)C)NC(=O)[C@H](CC(C)C)N(C)C(=O)[C@H](C[C@H](C)CCCC)NC(=O)C(CCC(=O)COC)OC(=O)C(C)N(C)C1=O. The van der Waals surface area contributed by atoms with Crippen LogP contribution in [0.15, 0.2) is 30.5 Å². The molecule has 6 amide bonds. The number of esters is 1. The van der Waals surface area contributed by atoms with Gasteiger partial charge in [0.25, 0.3) is 5.91 Å². The van der Waals surface area contributed by atoms with Crippen molar-refractivity contribution in [2.45, 2.75) is 188 Å². The molecule has 1 fully saturated rings. The van der Waals surface area contributed by atoms with Crippen molar-refractivity contribution >= 4 is 58.1 Å². The van der Waals surface area contributed by atoms with Gasteiger partial charge in [0.1, 0.15) is 50.0 Å². The number of ether oxygens (including phenoxy) is 2. The number of nitrogens with one attached hydrogen (secondary N) is 3. The van der Waals surface area contributed by atoms with Crippen LogP contribution in [-0.4, -0.2) is 151 Å². The molecule has 3 N–H and O–H groups in total. The fourth-order valence-corrected chi connectivity index (χ4v) is 9.52. The molecule has 410 valence electrons. The molecular weight excluding hydrogens is 935 g/mol. The molecular formula is C55H89N7O11. The van der Waals surface area contributed by atoms with E-state index in [1.807, 2.05) is 65.8 Å². The molecule has 2 heterocycles. The molecule has 1 saturated heterocycles. The molecule has 1 aliphatic heterocycles. The largest absolute Gasteiger partial charge is 0.451 e. The number of para-hydroxylation sites is 1. The van der Waals surface area contributed by atoms with Crippen molar-refractivity contribution in [3.63, 3.8) is 0 Å². The fourth-order valence-electron chi connectivity index (χ4n) is 9.52. The van der Waals surface area contributed by atoms with Crippen LogP contribution in [0.3, 0.4) is 0 Å². The van der Waals surface area contributed by atoms with Crippen molar-refractivity contribution in [1.29, 1.82) is 0 Å². The Balaban J connectivity index is 2.34. The van der Waals surface area contributed by atoms with Crippen LogP contribution in [0.4, 0.5) is 0 Å². The van der Waals surface area contributed by atoms with Crippen molar-refractivity contribution in [2.24, 2.45) is 23.7 Å². The zero-order valence-electron chi connectivity index (χ0n) is 46.4. The number of ketones is 1. The number of methoxy groups -OCH3 is 1. The molecule has 0 saturated carbocycles. The van der Waals surface area contributed by atoms with Gasteiger partial charge in [-0.2, -0.15) is 4.73 Å². The summed E-state index contributed by atoms with van der Waals surface area (Å²) in [5.74, 6) is -5.44. The number of cyclic esters (lactones) is 1. The molecule has 0 bridgehead atoms. The first kappa shape index (κ1) is 61.8. The first-order chi connectivity index (χ1) is 34.5. The summed E-state index contributed by atoms with van der Waals surface area (Å²) in [5.41, 5.74) is 1.41. The third-order valence-corrected chi connectivity index (χ3v) is 14.0. The second kappa shape index (κ2) is 30.0. The maximum absolute atomic E-state index is 15.2. The van der Waals surface area contributed by atoms with Gasteiger partial charge in [0.2, 0.25) is 29.5 Å². The van der Waals surface area contributed by atoms with Crippen molar-refractivity contribution in [3.8, 4) is 0 Å². The fraction of sp³-hybridized carbons (Fsp3) is 0.709. The number of carbonyl (C=O) groups excluding carboxylic acids is 8. The summed E-state index contributed by atoms with van der Waals surface area (Å²) in [6.07, 6.45) is 5.53. The second-order valence-corrected chi connectivity index (χ2v) is 21.3. The topological polar surface area (TPSA) is 215 Å². The Bertz CT molecular complexity index is 2160. The average molecular weight is 1020 g/mol. The van der Waals surface area contributed by atoms with Gasteiger partial charge in [-0.1, -0.05) is 112 Å². The van der Waals surface area contributed by atoms with E-state index in [1.165, 1.54) is 57.0 Å². The molecule has 9 atom stereocenters. The number of hydrogen-bond donors (Lipinski definition) is 3. The van der Waals surface area contributed by atoms with E-state index < -0.39 is 83.8 Å². The van der Waals surface area contributed by atoms with E-state index in [9.17, 15) is 28.8 Å². The Morgan fingerprint density at radius 2 is 1.16 bits per heavy atom.